The monoisotopic (exact) mass is 328 g/mol. The maximum Gasteiger partial charge on any atom is 0.170 e. The molecule has 1 N–H and O–H groups in total. The van der Waals surface area contributed by atoms with Crippen LogP contribution >= 0.6 is 12.2 Å². The smallest absolute Gasteiger partial charge is 0.170 e. The zero-order chi connectivity index (χ0) is 16.2. The van der Waals surface area contributed by atoms with Crippen LogP contribution in [-0.2, 0) is 6.54 Å². The third kappa shape index (κ3) is 3.11. The maximum absolute atomic E-state index is 5.64. The van der Waals surface area contributed by atoms with Gasteiger partial charge in [-0.2, -0.15) is 0 Å². The van der Waals surface area contributed by atoms with Gasteiger partial charge in [0.25, 0.3) is 0 Å². The first-order valence-electron chi connectivity index (χ1n) is 8.39. The number of unbranched alkanes of at least 4 members (excludes halogenated alkanes) is 1. The van der Waals surface area contributed by atoms with Gasteiger partial charge >= 0.3 is 0 Å². The summed E-state index contributed by atoms with van der Waals surface area (Å²) in [6.45, 7) is 6.33. The molecule has 0 aromatic carbocycles. The van der Waals surface area contributed by atoms with Crippen molar-refractivity contribution in [3.8, 4) is 0 Å². The van der Waals surface area contributed by atoms with Gasteiger partial charge < -0.3 is 14.8 Å². The Balaban J connectivity index is 2.00. The first-order valence-corrected chi connectivity index (χ1v) is 8.80. The van der Waals surface area contributed by atoms with E-state index in [0.717, 1.165) is 36.7 Å². The second-order valence-electron chi connectivity index (χ2n) is 5.89. The Kier molecular flexibility index (Phi) is 4.96. The molecule has 0 spiro atoms. The number of aromatic nitrogens is 2. The number of pyridine rings is 1. The molecular weight excluding hydrogens is 304 g/mol. The molecule has 0 amide bonds. The minimum atomic E-state index is 0.0979. The van der Waals surface area contributed by atoms with E-state index in [4.69, 9.17) is 12.2 Å². The molecule has 1 aliphatic heterocycles. The number of rotatable bonds is 6. The molecule has 1 fully saturated rings. The van der Waals surface area contributed by atoms with Crippen LogP contribution in [0.25, 0.3) is 0 Å². The Labute approximate surface area is 143 Å². The van der Waals surface area contributed by atoms with Crippen molar-refractivity contribution in [2.45, 2.75) is 45.3 Å². The predicted octanol–water partition coefficient (Wildman–Crippen LogP) is 3.68. The van der Waals surface area contributed by atoms with Gasteiger partial charge in [-0.3, -0.25) is 4.98 Å². The summed E-state index contributed by atoms with van der Waals surface area (Å²) in [6, 6.07) is 10.7. The van der Waals surface area contributed by atoms with Crippen LogP contribution in [0.2, 0.25) is 0 Å². The Morgan fingerprint density at radius 2 is 2.09 bits per heavy atom. The number of nitrogens with zero attached hydrogens (tertiary/aromatic N) is 3. The van der Waals surface area contributed by atoms with Crippen LogP contribution in [0.4, 0.5) is 0 Å². The van der Waals surface area contributed by atoms with E-state index < -0.39 is 0 Å². The highest BCUT2D eigenvalue weighted by Crippen LogP contribution is 2.38. The normalized spacial score (nSPS) is 20.8. The maximum atomic E-state index is 5.64. The van der Waals surface area contributed by atoms with Crippen LogP contribution in [0.5, 0.6) is 0 Å². The zero-order valence-electron chi connectivity index (χ0n) is 13.8. The van der Waals surface area contributed by atoms with E-state index in [0.29, 0.717) is 0 Å². The van der Waals surface area contributed by atoms with Gasteiger partial charge in [0.05, 0.1) is 17.8 Å². The highest BCUT2D eigenvalue weighted by Gasteiger charge is 2.40. The van der Waals surface area contributed by atoms with Crippen LogP contribution in [0.1, 0.15) is 50.2 Å². The second kappa shape index (κ2) is 7.13. The van der Waals surface area contributed by atoms with Gasteiger partial charge in [0.1, 0.15) is 0 Å². The molecule has 0 radical (unpaired) electrons. The third-order valence-corrected chi connectivity index (χ3v) is 4.81. The highest BCUT2D eigenvalue weighted by atomic mass is 32.1. The Morgan fingerprint density at radius 1 is 1.22 bits per heavy atom. The van der Waals surface area contributed by atoms with E-state index >= 15 is 0 Å². The zero-order valence-corrected chi connectivity index (χ0v) is 14.6. The predicted molar refractivity (Wildman–Crippen MR) is 97.2 cm³/mol. The van der Waals surface area contributed by atoms with E-state index in [1.165, 1.54) is 5.69 Å². The number of aryl methyl sites for hydroxylation is 1. The Hall–Kier alpha value is -1.88. The van der Waals surface area contributed by atoms with E-state index in [-0.39, 0.29) is 12.1 Å². The fourth-order valence-corrected chi connectivity index (χ4v) is 3.61. The van der Waals surface area contributed by atoms with Crippen molar-refractivity contribution in [3.63, 3.8) is 0 Å². The summed E-state index contributed by atoms with van der Waals surface area (Å²) in [5.74, 6) is 0. The molecule has 2 aromatic heterocycles. The van der Waals surface area contributed by atoms with Gasteiger partial charge in [0.2, 0.25) is 0 Å². The number of nitrogens with one attached hydrogen (secondary N) is 1. The molecule has 3 rings (SSSR count). The van der Waals surface area contributed by atoms with Crippen molar-refractivity contribution in [2.24, 2.45) is 0 Å². The Morgan fingerprint density at radius 3 is 2.78 bits per heavy atom. The number of thiocarbonyl (C=S) groups is 1. The molecule has 0 bridgehead atoms. The van der Waals surface area contributed by atoms with Crippen LogP contribution in [-0.4, -0.2) is 26.1 Å². The molecule has 122 valence electrons. The van der Waals surface area contributed by atoms with E-state index in [2.05, 4.69) is 58.0 Å². The first kappa shape index (κ1) is 16.0. The SMILES string of the molecule is CCCCN1C(=S)N[C@H](c2ccccn2)[C@@H]1c1cccn1CC. The van der Waals surface area contributed by atoms with Gasteiger partial charge in [-0.05, 0) is 49.8 Å². The fourth-order valence-electron chi connectivity index (χ4n) is 3.28. The first-order chi connectivity index (χ1) is 11.3. The average molecular weight is 328 g/mol. The average Bonchev–Trinajstić information content (AvgIpc) is 3.17. The lowest BCUT2D eigenvalue weighted by molar-refractivity contribution is 0.299. The minimum Gasteiger partial charge on any atom is -0.352 e. The van der Waals surface area contributed by atoms with Crippen molar-refractivity contribution < 1.29 is 0 Å². The molecule has 4 nitrogen and oxygen atoms in total. The summed E-state index contributed by atoms with van der Waals surface area (Å²) in [5, 5.41) is 4.34. The number of hydrogen-bond acceptors (Lipinski definition) is 2. The molecule has 23 heavy (non-hydrogen) atoms. The molecule has 1 saturated heterocycles. The molecule has 0 aliphatic carbocycles. The van der Waals surface area contributed by atoms with Crippen molar-refractivity contribution in [3.05, 3.63) is 54.1 Å². The van der Waals surface area contributed by atoms with Crippen molar-refractivity contribution in [1.82, 2.24) is 19.8 Å². The molecule has 1 aliphatic rings. The lowest BCUT2D eigenvalue weighted by atomic mass is 10.0. The molecule has 0 unspecified atom stereocenters. The lowest BCUT2D eigenvalue weighted by Crippen LogP contribution is -2.31. The quantitative estimate of drug-likeness (QED) is 0.820. The van der Waals surface area contributed by atoms with Gasteiger partial charge in [-0.25, -0.2) is 0 Å². The second-order valence-corrected chi connectivity index (χ2v) is 6.28. The molecule has 3 heterocycles. The lowest BCUT2D eigenvalue weighted by Gasteiger charge is -2.28. The molecule has 5 heteroatoms. The van der Waals surface area contributed by atoms with Crippen LogP contribution < -0.4 is 5.32 Å². The molecule has 0 saturated carbocycles. The molecule has 2 atom stereocenters. The summed E-state index contributed by atoms with van der Waals surface area (Å²) in [6.07, 6.45) is 6.30. The van der Waals surface area contributed by atoms with E-state index in [9.17, 15) is 0 Å². The summed E-state index contributed by atoms with van der Waals surface area (Å²) in [5.41, 5.74) is 2.34. The standard InChI is InChI=1S/C18H24N4S/c1-3-5-13-22-17(15-10-8-12-21(15)4-2)16(20-18(22)23)14-9-6-7-11-19-14/h6-12,16-17H,3-5,13H2,1-2H3,(H,20,23)/t16-,17+/m1/s1. The summed E-state index contributed by atoms with van der Waals surface area (Å²) in [7, 11) is 0. The summed E-state index contributed by atoms with van der Waals surface area (Å²) >= 11 is 5.64. The van der Waals surface area contributed by atoms with Gasteiger partial charge in [-0.15, -0.1) is 0 Å². The van der Waals surface area contributed by atoms with Gasteiger partial charge in [-0.1, -0.05) is 19.4 Å². The largest absolute Gasteiger partial charge is 0.352 e. The van der Waals surface area contributed by atoms with Crippen LogP contribution in [0, 0.1) is 0 Å². The van der Waals surface area contributed by atoms with Crippen molar-refractivity contribution in [2.75, 3.05) is 6.54 Å². The van der Waals surface area contributed by atoms with Crippen molar-refractivity contribution >= 4 is 17.3 Å². The van der Waals surface area contributed by atoms with Crippen LogP contribution in [0.15, 0.2) is 42.7 Å². The highest BCUT2D eigenvalue weighted by molar-refractivity contribution is 7.80. The molecular formula is C18H24N4S. The minimum absolute atomic E-state index is 0.0979. The van der Waals surface area contributed by atoms with Crippen LogP contribution in [0.3, 0.4) is 0 Å². The summed E-state index contributed by atoms with van der Waals surface area (Å²) in [4.78, 5) is 6.90. The topological polar surface area (TPSA) is 33.1 Å². The number of hydrogen-bond donors (Lipinski definition) is 1. The Bertz CT molecular complexity index is 652. The fraction of sp³-hybridized carbons (Fsp3) is 0.444. The van der Waals surface area contributed by atoms with Gasteiger partial charge in [0.15, 0.2) is 5.11 Å². The van der Waals surface area contributed by atoms with E-state index in [1.54, 1.807) is 0 Å². The third-order valence-electron chi connectivity index (χ3n) is 4.46. The molecule has 2 aromatic rings. The van der Waals surface area contributed by atoms with Gasteiger partial charge in [0, 0.05) is 31.2 Å². The van der Waals surface area contributed by atoms with E-state index in [1.807, 2.05) is 18.3 Å². The summed E-state index contributed by atoms with van der Waals surface area (Å²) < 4.78 is 2.30. The van der Waals surface area contributed by atoms with Crippen molar-refractivity contribution in [1.29, 1.82) is 0 Å².